The third-order valence-electron chi connectivity index (χ3n) is 2.13. The van der Waals surface area contributed by atoms with Gasteiger partial charge in [-0.25, -0.2) is 4.98 Å². The third-order valence-corrected chi connectivity index (χ3v) is 3.07. The highest BCUT2D eigenvalue weighted by molar-refractivity contribution is 7.15. The molecule has 0 aromatic carbocycles. The van der Waals surface area contributed by atoms with E-state index < -0.39 is 0 Å². The Hall–Kier alpha value is -0.650. The molecule has 1 aromatic rings. The molecule has 0 amide bonds. The first-order valence-electron chi connectivity index (χ1n) is 5.71. The van der Waals surface area contributed by atoms with Crippen LogP contribution in [-0.4, -0.2) is 43.2 Å². The Morgan fingerprint density at radius 3 is 3.00 bits per heavy atom. The van der Waals surface area contributed by atoms with Crippen molar-refractivity contribution in [2.75, 3.05) is 38.7 Å². The van der Waals surface area contributed by atoms with E-state index in [9.17, 15) is 0 Å². The van der Waals surface area contributed by atoms with E-state index >= 15 is 0 Å². The van der Waals surface area contributed by atoms with Crippen LogP contribution in [0.5, 0.6) is 0 Å². The molecule has 16 heavy (non-hydrogen) atoms. The largest absolute Gasteiger partial charge is 0.380 e. The topological polar surface area (TPSA) is 37.4 Å². The van der Waals surface area contributed by atoms with E-state index in [1.165, 1.54) is 4.88 Å². The van der Waals surface area contributed by atoms with Crippen LogP contribution in [0.4, 0.5) is 5.13 Å². The van der Waals surface area contributed by atoms with Gasteiger partial charge in [0.05, 0.1) is 6.61 Å². The van der Waals surface area contributed by atoms with Gasteiger partial charge in [0.25, 0.3) is 0 Å². The summed E-state index contributed by atoms with van der Waals surface area (Å²) in [7, 11) is 2.10. The molecule has 1 N–H and O–H groups in total. The van der Waals surface area contributed by atoms with Crippen molar-refractivity contribution in [3.05, 3.63) is 11.1 Å². The zero-order chi connectivity index (χ0) is 11.8. The standard InChI is InChI=1S/C11H21N3OS/c1-4-12-11-13-8-10(16-11)9-14(3)6-7-15-5-2/h8H,4-7,9H2,1-3H3,(H,12,13). The number of aromatic nitrogens is 1. The van der Waals surface area contributed by atoms with Crippen LogP contribution >= 0.6 is 11.3 Å². The summed E-state index contributed by atoms with van der Waals surface area (Å²) < 4.78 is 5.32. The van der Waals surface area contributed by atoms with Crippen LogP contribution in [0.3, 0.4) is 0 Å². The summed E-state index contributed by atoms with van der Waals surface area (Å²) in [5, 5.41) is 4.23. The normalized spacial score (nSPS) is 11.0. The summed E-state index contributed by atoms with van der Waals surface area (Å²) >= 11 is 1.72. The molecule has 0 saturated heterocycles. The van der Waals surface area contributed by atoms with Crippen LogP contribution in [0.2, 0.25) is 0 Å². The van der Waals surface area contributed by atoms with Crippen molar-refractivity contribution >= 4 is 16.5 Å². The first kappa shape index (κ1) is 13.4. The van der Waals surface area contributed by atoms with Gasteiger partial charge in [-0.3, -0.25) is 4.90 Å². The number of anilines is 1. The maximum atomic E-state index is 5.32. The summed E-state index contributed by atoms with van der Waals surface area (Å²) in [5.41, 5.74) is 0. The van der Waals surface area contributed by atoms with Gasteiger partial charge >= 0.3 is 0 Å². The van der Waals surface area contributed by atoms with Crippen LogP contribution in [0.1, 0.15) is 18.7 Å². The second kappa shape index (κ2) is 7.60. The summed E-state index contributed by atoms with van der Waals surface area (Å²) in [6.45, 7) is 8.51. The van der Waals surface area contributed by atoms with Gasteiger partial charge in [-0.05, 0) is 20.9 Å². The van der Waals surface area contributed by atoms with Crippen molar-refractivity contribution in [2.45, 2.75) is 20.4 Å². The van der Waals surface area contributed by atoms with Gasteiger partial charge in [-0.2, -0.15) is 0 Å². The molecule has 1 heterocycles. The predicted molar refractivity (Wildman–Crippen MR) is 69.1 cm³/mol. The fourth-order valence-electron chi connectivity index (χ4n) is 1.32. The van der Waals surface area contributed by atoms with Gasteiger partial charge < -0.3 is 10.1 Å². The maximum Gasteiger partial charge on any atom is 0.182 e. The molecule has 0 radical (unpaired) electrons. The number of likely N-dealkylation sites (N-methyl/N-ethyl adjacent to an activating group) is 1. The van der Waals surface area contributed by atoms with E-state index in [4.69, 9.17) is 4.74 Å². The van der Waals surface area contributed by atoms with Crippen molar-refractivity contribution in [2.24, 2.45) is 0 Å². The molecule has 1 rings (SSSR count). The van der Waals surface area contributed by atoms with E-state index in [0.717, 1.165) is 38.0 Å². The lowest BCUT2D eigenvalue weighted by Crippen LogP contribution is -2.22. The zero-order valence-corrected chi connectivity index (χ0v) is 11.1. The quantitative estimate of drug-likeness (QED) is 0.709. The molecule has 0 unspecified atom stereocenters. The molecule has 5 heteroatoms. The second-order valence-corrected chi connectivity index (χ2v) is 4.71. The van der Waals surface area contributed by atoms with E-state index in [0.29, 0.717) is 0 Å². The third kappa shape index (κ3) is 4.92. The molecular formula is C11H21N3OS. The van der Waals surface area contributed by atoms with Crippen molar-refractivity contribution in [1.82, 2.24) is 9.88 Å². The average Bonchev–Trinajstić information content (AvgIpc) is 2.66. The van der Waals surface area contributed by atoms with Crippen LogP contribution in [0, 0.1) is 0 Å². The van der Waals surface area contributed by atoms with E-state index in [-0.39, 0.29) is 0 Å². The highest BCUT2D eigenvalue weighted by Gasteiger charge is 2.04. The van der Waals surface area contributed by atoms with E-state index in [2.05, 4.69) is 29.2 Å². The smallest absolute Gasteiger partial charge is 0.182 e. The Balaban J connectivity index is 2.28. The Morgan fingerprint density at radius 1 is 1.50 bits per heavy atom. The predicted octanol–water partition coefficient (Wildman–Crippen LogP) is 2.04. The first-order valence-corrected chi connectivity index (χ1v) is 6.52. The molecule has 1 aromatic heterocycles. The number of nitrogens with zero attached hydrogens (tertiary/aromatic N) is 2. The molecule has 0 saturated carbocycles. The molecule has 0 aliphatic heterocycles. The summed E-state index contributed by atoms with van der Waals surface area (Å²) in [6, 6.07) is 0. The number of ether oxygens (including phenoxy) is 1. The van der Waals surface area contributed by atoms with Gasteiger partial charge in [-0.1, -0.05) is 0 Å². The molecule has 0 aliphatic rings. The monoisotopic (exact) mass is 243 g/mol. The number of hydrogen-bond donors (Lipinski definition) is 1. The minimum absolute atomic E-state index is 0.791. The van der Waals surface area contributed by atoms with Gasteiger partial charge in [0.2, 0.25) is 0 Å². The molecule has 0 bridgehead atoms. The van der Waals surface area contributed by atoms with Crippen LogP contribution in [0.25, 0.3) is 0 Å². The fraction of sp³-hybridized carbons (Fsp3) is 0.727. The lowest BCUT2D eigenvalue weighted by molar-refractivity contribution is 0.120. The van der Waals surface area contributed by atoms with Crippen LogP contribution < -0.4 is 5.32 Å². The van der Waals surface area contributed by atoms with E-state index in [1.807, 2.05) is 13.1 Å². The molecule has 92 valence electrons. The van der Waals surface area contributed by atoms with Gasteiger partial charge in [0.15, 0.2) is 5.13 Å². The number of nitrogens with one attached hydrogen (secondary N) is 1. The SMILES string of the molecule is CCNc1ncc(CN(C)CCOCC)s1. The summed E-state index contributed by atoms with van der Waals surface area (Å²) in [6.07, 6.45) is 1.94. The van der Waals surface area contributed by atoms with Crippen LogP contribution in [0.15, 0.2) is 6.20 Å². The molecule has 0 aliphatic carbocycles. The van der Waals surface area contributed by atoms with Crippen molar-refractivity contribution in [3.8, 4) is 0 Å². The highest BCUT2D eigenvalue weighted by atomic mass is 32.1. The molecular weight excluding hydrogens is 222 g/mol. The average molecular weight is 243 g/mol. The number of thiazole rings is 1. The van der Waals surface area contributed by atoms with Gasteiger partial charge in [-0.15, -0.1) is 11.3 Å². The maximum absolute atomic E-state index is 5.32. The van der Waals surface area contributed by atoms with Gasteiger partial charge in [0.1, 0.15) is 0 Å². The Kier molecular flexibility index (Phi) is 6.37. The first-order chi connectivity index (χ1) is 7.76. The van der Waals surface area contributed by atoms with Crippen molar-refractivity contribution in [1.29, 1.82) is 0 Å². The Bertz CT molecular complexity index is 291. The lowest BCUT2D eigenvalue weighted by atomic mass is 10.5. The molecule has 0 atom stereocenters. The number of hydrogen-bond acceptors (Lipinski definition) is 5. The van der Waals surface area contributed by atoms with Gasteiger partial charge in [0, 0.05) is 37.3 Å². The number of rotatable bonds is 8. The van der Waals surface area contributed by atoms with Crippen molar-refractivity contribution in [3.63, 3.8) is 0 Å². The molecule has 0 spiro atoms. The van der Waals surface area contributed by atoms with Crippen molar-refractivity contribution < 1.29 is 4.74 Å². The highest BCUT2D eigenvalue weighted by Crippen LogP contribution is 2.18. The molecule has 0 fully saturated rings. The van der Waals surface area contributed by atoms with Crippen LogP contribution in [-0.2, 0) is 11.3 Å². The summed E-state index contributed by atoms with van der Waals surface area (Å²) in [4.78, 5) is 7.84. The Morgan fingerprint density at radius 2 is 2.31 bits per heavy atom. The zero-order valence-electron chi connectivity index (χ0n) is 10.3. The fourth-order valence-corrected chi connectivity index (χ4v) is 2.28. The second-order valence-electron chi connectivity index (χ2n) is 3.60. The minimum atomic E-state index is 0.791. The molecule has 4 nitrogen and oxygen atoms in total. The van der Waals surface area contributed by atoms with E-state index in [1.54, 1.807) is 11.3 Å². The lowest BCUT2D eigenvalue weighted by Gasteiger charge is -2.14. The Labute approximate surface area is 102 Å². The minimum Gasteiger partial charge on any atom is -0.380 e. The summed E-state index contributed by atoms with van der Waals surface area (Å²) in [5.74, 6) is 0.